The summed E-state index contributed by atoms with van der Waals surface area (Å²) in [4.78, 5) is 20.6. The highest BCUT2D eigenvalue weighted by atomic mass is 15.2. The highest BCUT2D eigenvalue weighted by Gasteiger charge is 2.22. The van der Waals surface area contributed by atoms with Crippen LogP contribution < -0.4 is 15.5 Å². The van der Waals surface area contributed by atoms with E-state index in [1.165, 1.54) is 25.7 Å². The van der Waals surface area contributed by atoms with E-state index in [4.69, 9.17) is 4.98 Å². The lowest BCUT2D eigenvalue weighted by molar-refractivity contribution is 0.530. The molecule has 1 saturated carbocycles. The standard InChI is InChI=1S/C23H30N8/c1-24-15-20-13-17-14-27-23(29-22(17)31(20)18-5-2-3-6-18)28-21-8-7-19(16-26-21)30-11-4-9-25-10-12-30/h7-8,13-16,18,25H,2-6,9-12H2,1H3,(H,26,27,28,29). The minimum absolute atomic E-state index is 0.480. The summed E-state index contributed by atoms with van der Waals surface area (Å²) in [6.45, 7) is 4.16. The molecule has 162 valence electrons. The van der Waals surface area contributed by atoms with E-state index < -0.39 is 0 Å². The maximum Gasteiger partial charge on any atom is 0.230 e. The lowest BCUT2D eigenvalue weighted by atomic mass is 10.2. The van der Waals surface area contributed by atoms with Gasteiger partial charge in [0.1, 0.15) is 11.5 Å². The predicted octanol–water partition coefficient (Wildman–Crippen LogP) is 3.53. The number of pyridine rings is 1. The van der Waals surface area contributed by atoms with Crippen LogP contribution in [0.1, 0.15) is 43.8 Å². The zero-order chi connectivity index (χ0) is 21.0. The number of aliphatic imine (C=N–C) groups is 1. The first-order chi connectivity index (χ1) is 15.3. The number of hydrogen-bond acceptors (Lipinski definition) is 7. The van der Waals surface area contributed by atoms with E-state index in [9.17, 15) is 0 Å². The molecule has 2 aliphatic rings. The maximum atomic E-state index is 4.86. The molecule has 0 aromatic carbocycles. The van der Waals surface area contributed by atoms with Gasteiger partial charge in [-0.25, -0.2) is 9.97 Å². The molecular formula is C23H30N8. The summed E-state index contributed by atoms with van der Waals surface area (Å²) in [6, 6.07) is 6.74. The van der Waals surface area contributed by atoms with Crippen molar-refractivity contribution >= 4 is 34.7 Å². The second-order valence-electron chi connectivity index (χ2n) is 8.35. The van der Waals surface area contributed by atoms with Gasteiger partial charge in [0.25, 0.3) is 0 Å². The van der Waals surface area contributed by atoms with Crippen LogP contribution in [-0.2, 0) is 0 Å². The number of fused-ring (bicyclic) bond motifs is 1. The molecule has 1 saturated heterocycles. The Kier molecular flexibility index (Phi) is 5.80. The van der Waals surface area contributed by atoms with Crippen LogP contribution in [0.2, 0.25) is 0 Å². The first kappa shape index (κ1) is 19.9. The molecule has 3 aromatic heterocycles. The molecule has 8 heteroatoms. The van der Waals surface area contributed by atoms with E-state index >= 15 is 0 Å². The fourth-order valence-corrected chi connectivity index (χ4v) is 4.73. The van der Waals surface area contributed by atoms with Crippen molar-refractivity contribution in [2.45, 2.75) is 38.1 Å². The van der Waals surface area contributed by atoms with Gasteiger partial charge >= 0.3 is 0 Å². The van der Waals surface area contributed by atoms with E-state index in [2.05, 4.69) is 47.2 Å². The minimum atomic E-state index is 0.480. The summed E-state index contributed by atoms with van der Waals surface area (Å²) in [5.41, 5.74) is 3.22. The highest BCUT2D eigenvalue weighted by molar-refractivity contribution is 5.89. The van der Waals surface area contributed by atoms with Gasteiger partial charge in [-0.15, -0.1) is 0 Å². The van der Waals surface area contributed by atoms with Gasteiger partial charge in [-0.1, -0.05) is 12.8 Å². The van der Waals surface area contributed by atoms with Gasteiger partial charge in [0.05, 0.1) is 17.6 Å². The van der Waals surface area contributed by atoms with Gasteiger partial charge in [-0.05, 0) is 44.0 Å². The van der Waals surface area contributed by atoms with Gasteiger partial charge in [-0.2, -0.15) is 4.98 Å². The lowest BCUT2D eigenvalue weighted by Crippen LogP contribution is -2.27. The van der Waals surface area contributed by atoms with E-state index in [-0.39, 0.29) is 0 Å². The number of nitrogens with one attached hydrogen (secondary N) is 2. The molecule has 1 aliphatic heterocycles. The van der Waals surface area contributed by atoms with E-state index in [0.717, 1.165) is 60.8 Å². The van der Waals surface area contributed by atoms with Crippen molar-refractivity contribution in [3.05, 3.63) is 36.3 Å². The van der Waals surface area contributed by atoms with Crippen LogP contribution in [0.15, 0.2) is 35.6 Å². The summed E-state index contributed by atoms with van der Waals surface area (Å²) in [5.74, 6) is 1.33. The predicted molar refractivity (Wildman–Crippen MR) is 126 cm³/mol. The second kappa shape index (κ2) is 9.01. The molecule has 0 atom stereocenters. The largest absolute Gasteiger partial charge is 0.369 e. The van der Waals surface area contributed by atoms with Crippen molar-refractivity contribution in [2.75, 3.05) is 43.4 Å². The summed E-state index contributed by atoms with van der Waals surface area (Å²) >= 11 is 0. The quantitative estimate of drug-likeness (QED) is 0.617. The lowest BCUT2D eigenvalue weighted by Gasteiger charge is -2.21. The molecule has 8 nitrogen and oxygen atoms in total. The Balaban J connectivity index is 1.39. The average Bonchev–Trinajstić information content (AvgIpc) is 3.34. The number of anilines is 3. The summed E-state index contributed by atoms with van der Waals surface area (Å²) in [6.07, 6.45) is 11.8. The van der Waals surface area contributed by atoms with Crippen LogP contribution in [0.4, 0.5) is 17.5 Å². The highest BCUT2D eigenvalue weighted by Crippen LogP contribution is 2.34. The summed E-state index contributed by atoms with van der Waals surface area (Å²) in [7, 11) is 1.81. The fraction of sp³-hybridized carbons (Fsp3) is 0.478. The SMILES string of the molecule is CN=Cc1cc2cnc(Nc3ccc(N4CCCNCC4)cn3)nc2n1C1CCCC1. The summed E-state index contributed by atoms with van der Waals surface area (Å²) < 4.78 is 2.34. The Morgan fingerprint density at radius 2 is 2.00 bits per heavy atom. The van der Waals surface area contributed by atoms with Gasteiger partial charge in [0.15, 0.2) is 0 Å². The molecule has 1 aliphatic carbocycles. The monoisotopic (exact) mass is 418 g/mol. The fourth-order valence-electron chi connectivity index (χ4n) is 4.73. The van der Waals surface area contributed by atoms with Gasteiger partial charge in [0, 0.05) is 50.5 Å². The zero-order valence-electron chi connectivity index (χ0n) is 18.1. The van der Waals surface area contributed by atoms with Crippen LogP contribution >= 0.6 is 0 Å². The first-order valence-electron chi connectivity index (χ1n) is 11.3. The molecule has 3 aromatic rings. The maximum absolute atomic E-state index is 4.86. The number of nitrogens with zero attached hydrogens (tertiary/aromatic N) is 6. The number of rotatable bonds is 5. The van der Waals surface area contributed by atoms with Crippen molar-refractivity contribution in [3.8, 4) is 0 Å². The zero-order valence-corrected chi connectivity index (χ0v) is 18.1. The normalized spacial score (nSPS) is 18.2. The van der Waals surface area contributed by atoms with Crippen molar-refractivity contribution in [1.82, 2.24) is 24.8 Å². The van der Waals surface area contributed by atoms with Crippen LogP contribution in [0.5, 0.6) is 0 Å². The van der Waals surface area contributed by atoms with Crippen LogP contribution in [-0.4, -0.2) is 59.0 Å². The van der Waals surface area contributed by atoms with Crippen LogP contribution in [0.25, 0.3) is 11.0 Å². The molecule has 31 heavy (non-hydrogen) atoms. The Bertz CT molecular complexity index is 1040. The Labute approximate surface area is 182 Å². The van der Waals surface area contributed by atoms with Gasteiger partial charge in [0.2, 0.25) is 5.95 Å². The third kappa shape index (κ3) is 4.25. The molecular weight excluding hydrogens is 388 g/mol. The van der Waals surface area contributed by atoms with Crippen molar-refractivity contribution < 1.29 is 0 Å². The molecule has 0 spiro atoms. The summed E-state index contributed by atoms with van der Waals surface area (Å²) in [5, 5.41) is 7.77. The number of aromatic nitrogens is 4. The first-order valence-corrected chi connectivity index (χ1v) is 11.3. The van der Waals surface area contributed by atoms with Crippen LogP contribution in [0.3, 0.4) is 0 Å². The topological polar surface area (TPSA) is 83.3 Å². The second-order valence-corrected chi connectivity index (χ2v) is 8.35. The van der Waals surface area contributed by atoms with E-state index in [0.29, 0.717) is 12.0 Å². The Morgan fingerprint density at radius 1 is 1.10 bits per heavy atom. The molecule has 2 N–H and O–H groups in total. The van der Waals surface area contributed by atoms with Crippen molar-refractivity contribution in [3.63, 3.8) is 0 Å². The third-order valence-electron chi connectivity index (χ3n) is 6.25. The third-order valence-corrected chi connectivity index (χ3v) is 6.25. The minimum Gasteiger partial charge on any atom is -0.369 e. The van der Waals surface area contributed by atoms with E-state index in [1.54, 1.807) is 0 Å². The van der Waals surface area contributed by atoms with Gasteiger partial charge < -0.3 is 20.1 Å². The van der Waals surface area contributed by atoms with Crippen LogP contribution in [0, 0.1) is 0 Å². The Morgan fingerprint density at radius 3 is 2.81 bits per heavy atom. The van der Waals surface area contributed by atoms with E-state index in [1.807, 2.05) is 31.7 Å². The molecule has 5 rings (SSSR count). The number of hydrogen-bond donors (Lipinski definition) is 2. The Hall–Kier alpha value is -3.00. The molecule has 0 bridgehead atoms. The molecule has 2 fully saturated rings. The average molecular weight is 419 g/mol. The van der Waals surface area contributed by atoms with Crippen molar-refractivity contribution in [1.29, 1.82) is 0 Å². The molecule has 0 radical (unpaired) electrons. The molecule has 4 heterocycles. The van der Waals surface area contributed by atoms with Crippen molar-refractivity contribution in [2.24, 2.45) is 4.99 Å². The molecule has 0 unspecified atom stereocenters. The smallest absolute Gasteiger partial charge is 0.230 e. The molecule has 0 amide bonds. The van der Waals surface area contributed by atoms with Gasteiger partial charge in [-0.3, -0.25) is 4.99 Å².